The molecule has 0 aliphatic heterocycles. The lowest BCUT2D eigenvalue weighted by Crippen LogP contribution is -1.88. The highest BCUT2D eigenvalue weighted by atomic mass is 16.6. The lowest BCUT2D eigenvalue weighted by atomic mass is 10.3. The SMILES string of the molecule is [NH4+].[O-]/[N+](=N\O)c1ccccc1. The molecule has 0 spiro atoms. The summed E-state index contributed by atoms with van der Waals surface area (Å²) in [5.74, 6) is 0. The van der Waals surface area contributed by atoms with Crippen molar-refractivity contribution in [3.8, 4) is 0 Å². The molecule has 0 amide bonds. The van der Waals surface area contributed by atoms with Crippen LogP contribution < -0.4 is 6.15 Å². The van der Waals surface area contributed by atoms with Gasteiger partial charge in [-0.1, -0.05) is 18.2 Å². The molecule has 0 aliphatic rings. The van der Waals surface area contributed by atoms with Gasteiger partial charge in [-0.15, -0.1) is 0 Å². The Labute approximate surface area is 63.7 Å². The third-order valence-electron chi connectivity index (χ3n) is 1.06. The van der Waals surface area contributed by atoms with E-state index in [9.17, 15) is 5.21 Å². The Morgan fingerprint density at radius 2 is 1.82 bits per heavy atom. The van der Waals surface area contributed by atoms with Crippen LogP contribution >= 0.6 is 0 Å². The summed E-state index contributed by atoms with van der Waals surface area (Å²) in [6, 6.07) is 8.24. The third-order valence-corrected chi connectivity index (χ3v) is 1.06. The van der Waals surface area contributed by atoms with Crippen molar-refractivity contribution >= 4 is 5.69 Å². The van der Waals surface area contributed by atoms with Crippen molar-refractivity contribution in [2.45, 2.75) is 0 Å². The van der Waals surface area contributed by atoms with Crippen LogP contribution in [0.15, 0.2) is 35.6 Å². The van der Waals surface area contributed by atoms with Gasteiger partial charge in [0.05, 0.1) is 0 Å². The highest BCUT2D eigenvalue weighted by molar-refractivity contribution is 5.27. The molecule has 60 valence electrons. The Balaban J connectivity index is 0.000001000. The molecule has 0 bridgehead atoms. The quantitative estimate of drug-likeness (QED) is 0.369. The first kappa shape index (κ1) is 9.38. The van der Waals surface area contributed by atoms with Gasteiger partial charge >= 0.3 is 0 Å². The fraction of sp³-hybridized carbons (Fsp3) is 0. The minimum absolute atomic E-state index is 0. The lowest BCUT2D eigenvalue weighted by molar-refractivity contribution is -0.473. The number of hydrogen-bond acceptors (Lipinski definition) is 2. The van der Waals surface area contributed by atoms with Crippen LogP contribution in [0.2, 0.25) is 0 Å². The van der Waals surface area contributed by atoms with Crippen molar-refractivity contribution < 1.29 is 10.1 Å². The number of quaternary nitrogens is 1. The maximum Gasteiger partial charge on any atom is 0.248 e. The number of para-hydroxylation sites is 1. The number of benzene rings is 1. The number of nitrogens with zero attached hydrogens (tertiary/aromatic N) is 2. The van der Waals surface area contributed by atoms with Gasteiger partial charge in [-0.3, -0.25) is 0 Å². The van der Waals surface area contributed by atoms with E-state index in [0.717, 1.165) is 0 Å². The lowest BCUT2D eigenvalue weighted by Gasteiger charge is -1.93. The molecule has 11 heavy (non-hydrogen) atoms. The topological polar surface area (TPSA) is 95.2 Å². The Morgan fingerprint density at radius 3 is 2.27 bits per heavy atom. The van der Waals surface area contributed by atoms with E-state index >= 15 is 0 Å². The van der Waals surface area contributed by atoms with Gasteiger partial charge in [-0.25, -0.2) is 0 Å². The highest BCUT2D eigenvalue weighted by Crippen LogP contribution is 2.08. The molecule has 0 saturated carbocycles. The predicted octanol–water partition coefficient (Wildman–Crippen LogP) is 2.05. The molecule has 0 radical (unpaired) electrons. The zero-order chi connectivity index (χ0) is 7.40. The molecule has 0 aliphatic carbocycles. The molecule has 1 aromatic carbocycles. The van der Waals surface area contributed by atoms with Gasteiger partial charge in [0, 0.05) is 12.1 Å². The molecule has 0 heterocycles. The van der Waals surface area contributed by atoms with Crippen LogP contribution in [0.4, 0.5) is 5.69 Å². The second kappa shape index (κ2) is 4.24. The van der Waals surface area contributed by atoms with Crippen LogP contribution in [0.1, 0.15) is 0 Å². The molecule has 5 heteroatoms. The maximum atomic E-state index is 10.5. The monoisotopic (exact) mass is 156 g/mol. The van der Waals surface area contributed by atoms with Gasteiger partial charge in [0.15, 0.2) is 0 Å². The second-order valence-electron chi connectivity index (χ2n) is 1.70. The fourth-order valence-electron chi connectivity index (χ4n) is 0.607. The van der Waals surface area contributed by atoms with Crippen molar-refractivity contribution in [1.29, 1.82) is 0 Å². The Kier molecular flexibility index (Phi) is 3.61. The van der Waals surface area contributed by atoms with E-state index in [1.54, 1.807) is 30.3 Å². The van der Waals surface area contributed by atoms with E-state index in [4.69, 9.17) is 5.21 Å². The first-order valence-corrected chi connectivity index (χ1v) is 2.72. The van der Waals surface area contributed by atoms with Crippen molar-refractivity contribution in [2.75, 3.05) is 0 Å². The summed E-state index contributed by atoms with van der Waals surface area (Å²) in [7, 11) is 0. The molecule has 1 rings (SSSR count). The van der Waals surface area contributed by atoms with E-state index in [-0.39, 0.29) is 11.0 Å². The zero-order valence-electron chi connectivity index (χ0n) is 6.14. The van der Waals surface area contributed by atoms with Crippen LogP contribution in [0.25, 0.3) is 0 Å². The molecule has 0 saturated heterocycles. The van der Waals surface area contributed by atoms with Gasteiger partial charge in [0.25, 0.3) is 0 Å². The van der Waals surface area contributed by atoms with Crippen LogP contribution in [-0.2, 0) is 0 Å². The molecule has 0 fully saturated rings. The Bertz CT molecular complexity index is 235. The molecule has 5 N–H and O–H groups in total. The highest BCUT2D eigenvalue weighted by Gasteiger charge is 1.98. The summed E-state index contributed by atoms with van der Waals surface area (Å²) in [6.45, 7) is 0. The summed E-state index contributed by atoms with van der Waals surface area (Å²) < 4.78 is 0. The minimum Gasteiger partial charge on any atom is -0.592 e. The zero-order valence-corrected chi connectivity index (χ0v) is 6.14. The smallest absolute Gasteiger partial charge is 0.248 e. The summed E-state index contributed by atoms with van der Waals surface area (Å²) in [5, 5.41) is 21.0. The van der Waals surface area contributed by atoms with Gasteiger partial charge in [-0.05, 0) is 4.86 Å². The van der Waals surface area contributed by atoms with Gasteiger partial charge in [0.2, 0.25) is 11.0 Å². The van der Waals surface area contributed by atoms with Gasteiger partial charge < -0.3 is 16.6 Å². The molecular weight excluding hydrogens is 146 g/mol. The Morgan fingerprint density at radius 1 is 1.27 bits per heavy atom. The van der Waals surface area contributed by atoms with Crippen LogP contribution in [0.5, 0.6) is 0 Å². The van der Waals surface area contributed by atoms with E-state index in [2.05, 4.69) is 5.28 Å². The fourth-order valence-corrected chi connectivity index (χ4v) is 0.607. The van der Waals surface area contributed by atoms with Gasteiger partial charge in [0.1, 0.15) is 0 Å². The molecule has 0 atom stereocenters. The minimum atomic E-state index is 0. The first-order valence-electron chi connectivity index (χ1n) is 2.72. The third kappa shape index (κ3) is 2.23. The van der Waals surface area contributed by atoms with Crippen LogP contribution in [0, 0.1) is 5.21 Å². The largest absolute Gasteiger partial charge is 0.592 e. The predicted molar refractivity (Wildman–Crippen MR) is 39.9 cm³/mol. The second-order valence-corrected chi connectivity index (χ2v) is 1.70. The van der Waals surface area contributed by atoms with Crippen molar-refractivity contribution in [3.63, 3.8) is 0 Å². The summed E-state index contributed by atoms with van der Waals surface area (Å²) in [5.41, 5.74) is 0.310. The average molecular weight is 156 g/mol. The molecule has 0 aromatic heterocycles. The van der Waals surface area contributed by atoms with E-state index in [0.29, 0.717) is 5.69 Å². The molecule has 0 unspecified atom stereocenters. The summed E-state index contributed by atoms with van der Waals surface area (Å²) >= 11 is 0. The molecule has 5 nitrogen and oxygen atoms in total. The van der Waals surface area contributed by atoms with Crippen LogP contribution in [0.3, 0.4) is 0 Å². The van der Waals surface area contributed by atoms with E-state index in [1.165, 1.54) is 0 Å². The van der Waals surface area contributed by atoms with E-state index in [1.807, 2.05) is 0 Å². The normalized spacial score (nSPS) is 10.4. The first-order chi connectivity index (χ1) is 4.84. The average Bonchev–Trinajstić information content (AvgIpc) is 2.05. The Hall–Kier alpha value is -1.62. The standard InChI is InChI=1S/C6H6N2O2.H3N/c9-7-8(10)6-4-2-1-3-5-6;/h1-5,9H;1H3/p+1/b8-7-;. The number of hydrogen-bond donors (Lipinski definition) is 2. The summed E-state index contributed by atoms with van der Waals surface area (Å²) in [6.07, 6.45) is 0. The van der Waals surface area contributed by atoms with Crippen molar-refractivity contribution in [1.82, 2.24) is 6.15 Å². The van der Waals surface area contributed by atoms with E-state index < -0.39 is 0 Å². The van der Waals surface area contributed by atoms with Gasteiger partial charge in [-0.2, -0.15) is 0 Å². The maximum absolute atomic E-state index is 10.5. The summed E-state index contributed by atoms with van der Waals surface area (Å²) in [4.78, 5) is 0.139. The number of rotatable bonds is 1. The molecule has 1 aromatic rings. The van der Waals surface area contributed by atoms with Crippen LogP contribution in [-0.4, -0.2) is 10.1 Å². The van der Waals surface area contributed by atoms with Crippen molar-refractivity contribution in [3.05, 3.63) is 35.5 Å². The molecular formula is C6H10N3O2+. The van der Waals surface area contributed by atoms with Crippen molar-refractivity contribution in [2.24, 2.45) is 5.28 Å².